The van der Waals surface area contributed by atoms with Crippen LogP contribution in [0.5, 0.6) is 0 Å². The Hall–Kier alpha value is -2.34. The number of sulfonamides is 1. The van der Waals surface area contributed by atoms with E-state index in [-0.39, 0.29) is 10.8 Å². The SMILES string of the molecule is CCNC(=O)c1cccc(S(=O)(=O)N(CC)c2ccccc2)c1. The molecule has 6 heteroatoms. The van der Waals surface area contributed by atoms with Crippen molar-refractivity contribution in [1.29, 1.82) is 0 Å². The number of rotatable bonds is 6. The Balaban J connectivity index is 2.43. The minimum atomic E-state index is -3.72. The van der Waals surface area contributed by atoms with Crippen molar-refractivity contribution in [3.63, 3.8) is 0 Å². The van der Waals surface area contributed by atoms with Crippen molar-refractivity contribution in [2.24, 2.45) is 0 Å². The molecule has 2 rings (SSSR count). The first-order valence-electron chi connectivity index (χ1n) is 7.46. The predicted octanol–water partition coefficient (Wildman–Crippen LogP) is 2.65. The summed E-state index contributed by atoms with van der Waals surface area (Å²) in [6.45, 7) is 4.38. The van der Waals surface area contributed by atoms with Crippen LogP contribution in [-0.4, -0.2) is 27.4 Å². The summed E-state index contributed by atoms with van der Waals surface area (Å²) in [5.74, 6) is -0.285. The summed E-state index contributed by atoms with van der Waals surface area (Å²) >= 11 is 0. The zero-order valence-corrected chi connectivity index (χ0v) is 14.0. The van der Waals surface area contributed by atoms with E-state index in [2.05, 4.69) is 5.32 Å². The number of hydrogen-bond acceptors (Lipinski definition) is 3. The van der Waals surface area contributed by atoms with E-state index in [1.54, 1.807) is 43.3 Å². The molecule has 5 nitrogen and oxygen atoms in total. The first kappa shape index (κ1) is 17.0. The number of hydrogen-bond donors (Lipinski definition) is 1. The molecular weight excluding hydrogens is 312 g/mol. The Morgan fingerprint density at radius 2 is 1.74 bits per heavy atom. The van der Waals surface area contributed by atoms with E-state index in [0.29, 0.717) is 24.3 Å². The predicted molar refractivity (Wildman–Crippen MR) is 91.1 cm³/mol. The number of nitrogens with one attached hydrogen (secondary N) is 1. The molecule has 1 amide bonds. The van der Waals surface area contributed by atoms with Crippen molar-refractivity contribution in [3.05, 3.63) is 60.2 Å². The average molecular weight is 332 g/mol. The van der Waals surface area contributed by atoms with Gasteiger partial charge in [-0.15, -0.1) is 0 Å². The summed E-state index contributed by atoms with van der Waals surface area (Å²) in [6.07, 6.45) is 0. The Morgan fingerprint density at radius 1 is 1.04 bits per heavy atom. The topological polar surface area (TPSA) is 66.5 Å². The first-order chi connectivity index (χ1) is 11.0. The average Bonchev–Trinajstić information content (AvgIpc) is 2.56. The molecule has 0 spiro atoms. The van der Waals surface area contributed by atoms with Crippen LogP contribution < -0.4 is 9.62 Å². The smallest absolute Gasteiger partial charge is 0.264 e. The highest BCUT2D eigenvalue weighted by molar-refractivity contribution is 7.92. The highest BCUT2D eigenvalue weighted by Crippen LogP contribution is 2.23. The molecule has 0 aliphatic heterocycles. The van der Waals surface area contributed by atoms with Crippen LogP contribution in [0, 0.1) is 0 Å². The molecule has 2 aromatic carbocycles. The van der Waals surface area contributed by atoms with Crippen molar-refractivity contribution < 1.29 is 13.2 Å². The molecule has 0 aliphatic rings. The lowest BCUT2D eigenvalue weighted by atomic mass is 10.2. The molecule has 0 unspecified atom stereocenters. The van der Waals surface area contributed by atoms with Crippen LogP contribution in [0.2, 0.25) is 0 Å². The Bertz CT molecular complexity index is 773. The fourth-order valence-corrected chi connectivity index (χ4v) is 3.79. The number of amides is 1. The van der Waals surface area contributed by atoms with Gasteiger partial charge in [-0.1, -0.05) is 24.3 Å². The van der Waals surface area contributed by atoms with E-state index in [0.717, 1.165) is 0 Å². The van der Waals surface area contributed by atoms with Crippen molar-refractivity contribution in [3.8, 4) is 0 Å². The molecular formula is C17H20N2O3S. The molecule has 2 aromatic rings. The molecule has 0 aliphatic carbocycles. The van der Waals surface area contributed by atoms with Crippen molar-refractivity contribution in [2.45, 2.75) is 18.7 Å². The molecule has 122 valence electrons. The summed E-state index contributed by atoms with van der Waals surface area (Å²) in [5, 5.41) is 2.67. The molecule has 0 saturated carbocycles. The lowest BCUT2D eigenvalue weighted by Crippen LogP contribution is -2.31. The van der Waals surface area contributed by atoms with Crippen LogP contribution in [0.4, 0.5) is 5.69 Å². The maximum Gasteiger partial charge on any atom is 0.264 e. The second kappa shape index (κ2) is 7.28. The third-order valence-corrected chi connectivity index (χ3v) is 5.25. The highest BCUT2D eigenvalue weighted by atomic mass is 32.2. The molecule has 0 saturated heterocycles. The van der Waals surface area contributed by atoms with Gasteiger partial charge in [-0.05, 0) is 44.2 Å². The number of carbonyl (C=O) groups is 1. The van der Waals surface area contributed by atoms with Crippen molar-refractivity contribution >= 4 is 21.6 Å². The van der Waals surface area contributed by atoms with Gasteiger partial charge >= 0.3 is 0 Å². The van der Waals surface area contributed by atoms with Gasteiger partial charge in [-0.25, -0.2) is 8.42 Å². The zero-order chi connectivity index (χ0) is 16.9. The molecule has 0 heterocycles. The van der Waals surface area contributed by atoms with Gasteiger partial charge in [0.15, 0.2) is 0 Å². The number of benzene rings is 2. The molecule has 1 N–H and O–H groups in total. The molecule has 0 fully saturated rings. The number of anilines is 1. The quantitative estimate of drug-likeness (QED) is 0.884. The van der Waals surface area contributed by atoms with E-state index in [1.807, 2.05) is 13.0 Å². The Kier molecular flexibility index (Phi) is 5.39. The van der Waals surface area contributed by atoms with Crippen LogP contribution in [-0.2, 0) is 10.0 Å². The maximum atomic E-state index is 12.9. The van der Waals surface area contributed by atoms with Gasteiger partial charge in [-0.3, -0.25) is 9.10 Å². The molecule has 0 aromatic heterocycles. The van der Waals surface area contributed by atoms with Gasteiger partial charge in [-0.2, -0.15) is 0 Å². The standard InChI is InChI=1S/C17H20N2O3S/c1-3-18-17(20)14-9-8-12-16(13-14)23(21,22)19(4-2)15-10-6-5-7-11-15/h5-13H,3-4H2,1-2H3,(H,18,20). The van der Waals surface area contributed by atoms with Crippen molar-refractivity contribution in [2.75, 3.05) is 17.4 Å². The first-order valence-corrected chi connectivity index (χ1v) is 8.90. The van der Waals surface area contributed by atoms with Crippen LogP contribution in [0.25, 0.3) is 0 Å². The Morgan fingerprint density at radius 3 is 2.35 bits per heavy atom. The lowest BCUT2D eigenvalue weighted by molar-refractivity contribution is 0.0955. The largest absolute Gasteiger partial charge is 0.352 e. The van der Waals surface area contributed by atoms with E-state index >= 15 is 0 Å². The maximum absolute atomic E-state index is 12.9. The van der Waals surface area contributed by atoms with E-state index < -0.39 is 10.0 Å². The summed E-state index contributed by atoms with van der Waals surface area (Å²) in [4.78, 5) is 12.0. The molecule has 0 radical (unpaired) electrons. The van der Waals surface area contributed by atoms with Crippen LogP contribution >= 0.6 is 0 Å². The summed E-state index contributed by atoms with van der Waals surface area (Å²) in [6, 6.07) is 15.0. The minimum Gasteiger partial charge on any atom is -0.352 e. The molecule has 0 atom stereocenters. The molecule has 23 heavy (non-hydrogen) atoms. The van der Waals surface area contributed by atoms with Gasteiger partial charge in [0.25, 0.3) is 15.9 Å². The Labute approximate surface area is 137 Å². The normalized spacial score (nSPS) is 11.0. The van der Waals surface area contributed by atoms with E-state index in [1.165, 1.54) is 16.4 Å². The van der Waals surface area contributed by atoms with E-state index in [9.17, 15) is 13.2 Å². The number of carbonyl (C=O) groups excluding carboxylic acids is 1. The fraction of sp³-hybridized carbons (Fsp3) is 0.235. The van der Waals surface area contributed by atoms with Gasteiger partial charge in [0.1, 0.15) is 0 Å². The summed E-state index contributed by atoms with van der Waals surface area (Å²) < 4.78 is 27.1. The van der Waals surface area contributed by atoms with E-state index in [4.69, 9.17) is 0 Å². The lowest BCUT2D eigenvalue weighted by Gasteiger charge is -2.23. The minimum absolute atomic E-state index is 0.104. The molecule has 0 bridgehead atoms. The number of para-hydroxylation sites is 1. The van der Waals surface area contributed by atoms with Crippen LogP contribution in [0.3, 0.4) is 0 Å². The van der Waals surface area contributed by atoms with Crippen LogP contribution in [0.15, 0.2) is 59.5 Å². The third kappa shape index (κ3) is 3.71. The van der Waals surface area contributed by atoms with Gasteiger partial charge in [0.05, 0.1) is 10.6 Å². The fourth-order valence-electron chi connectivity index (χ4n) is 2.27. The second-order valence-electron chi connectivity index (χ2n) is 4.89. The highest BCUT2D eigenvalue weighted by Gasteiger charge is 2.24. The van der Waals surface area contributed by atoms with Gasteiger partial charge in [0.2, 0.25) is 0 Å². The van der Waals surface area contributed by atoms with Gasteiger partial charge < -0.3 is 5.32 Å². The monoisotopic (exact) mass is 332 g/mol. The zero-order valence-electron chi connectivity index (χ0n) is 13.2. The van der Waals surface area contributed by atoms with Crippen molar-refractivity contribution in [1.82, 2.24) is 5.32 Å². The second-order valence-corrected chi connectivity index (χ2v) is 6.75. The number of nitrogens with zero attached hydrogens (tertiary/aromatic N) is 1. The van der Waals surface area contributed by atoms with Gasteiger partial charge in [0, 0.05) is 18.7 Å². The summed E-state index contributed by atoms with van der Waals surface area (Å²) in [5.41, 5.74) is 0.926. The third-order valence-electron chi connectivity index (χ3n) is 3.35. The van der Waals surface area contributed by atoms with Crippen LogP contribution in [0.1, 0.15) is 24.2 Å². The summed E-state index contributed by atoms with van der Waals surface area (Å²) in [7, 11) is -3.72.